The summed E-state index contributed by atoms with van der Waals surface area (Å²) in [6.45, 7) is 4.63. The Morgan fingerprint density at radius 3 is 2.32 bits per heavy atom. The number of halogens is 1. The molecule has 0 aliphatic heterocycles. The molecule has 0 saturated carbocycles. The van der Waals surface area contributed by atoms with Gasteiger partial charge in [0, 0.05) is 26.2 Å². The number of benzene rings is 3. The molecule has 1 atom stereocenters. The van der Waals surface area contributed by atoms with Crippen LogP contribution in [0.15, 0.2) is 72.8 Å². The lowest BCUT2D eigenvalue weighted by Gasteiger charge is -2.21. The van der Waals surface area contributed by atoms with Crippen molar-refractivity contribution in [3.63, 3.8) is 0 Å². The number of nitrogens with zero attached hydrogens (tertiary/aromatic N) is 1. The summed E-state index contributed by atoms with van der Waals surface area (Å²) in [7, 11) is 1.99. The van der Waals surface area contributed by atoms with Crippen LogP contribution < -0.4 is 10.1 Å². The third-order valence-electron chi connectivity index (χ3n) is 5.08. The summed E-state index contributed by atoms with van der Waals surface area (Å²) in [5, 5.41) is 13.6. The molecule has 0 bridgehead atoms. The first-order valence-electron chi connectivity index (χ1n) is 10.6. The molecule has 3 aromatic rings. The fourth-order valence-corrected chi connectivity index (χ4v) is 3.37. The Morgan fingerprint density at radius 1 is 0.935 bits per heavy atom. The van der Waals surface area contributed by atoms with Gasteiger partial charge in [0.15, 0.2) is 0 Å². The molecule has 0 radical (unpaired) electrons. The zero-order chi connectivity index (χ0) is 22.1. The zero-order valence-corrected chi connectivity index (χ0v) is 18.2. The summed E-state index contributed by atoms with van der Waals surface area (Å²) in [4.78, 5) is 2.08. The molecule has 0 saturated heterocycles. The number of rotatable bonds is 11. The summed E-state index contributed by atoms with van der Waals surface area (Å²) in [5.41, 5.74) is 3.92. The first-order valence-corrected chi connectivity index (χ1v) is 10.6. The van der Waals surface area contributed by atoms with Gasteiger partial charge in [-0.2, -0.15) is 0 Å². The Kier molecular flexibility index (Phi) is 8.59. The van der Waals surface area contributed by atoms with Crippen LogP contribution in [0, 0.1) is 12.7 Å². The molecule has 0 amide bonds. The Morgan fingerprint density at radius 2 is 1.61 bits per heavy atom. The van der Waals surface area contributed by atoms with Crippen molar-refractivity contribution in [1.29, 1.82) is 0 Å². The van der Waals surface area contributed by atoms with Gasteiger partial charge in [-0.05, 0) is 54.4 Å². The van der Waals surface area contributed by atoms with Gasteiger partial charge in [-0.15, -0.1) is 0 Å². The van der Waals surface area contributed by atoms with Gasteiger partial charge in [0.25, 0.3) is 0 Å². The topological polar surface area (TPSA) is 44.7 Å². The Balaban J connectivity index is 1.37. The van der Waals surface area contributed by atoms with Crippen molar-refractivity contribution in [2.45, 2.75) is 32.7 Å². The number of likely N-dealkylation sites (N-methyl/N-ethyl adjacent to an activating group) is 1. The van der Waals surface area contributed by atoms with Crippen molar-refractivity contribution in [1.82, 2.24) is 10.2 Å². The molecular weight excluding hydrogens is 391 g/mol. The number of aryl methyl sites for hydroxylation is 1. The highest BCUT2D eigenvalue weighted by molar-refractivity contribution is 5.27. The van der Waals surface area contributed by atoms with Gasteiger partial charge in [0.05, 0.1) is 0 Å². The second-order valence-electron chi connectivity index (χ2n) is 7.98. The van der Waals surface area contributed by atoms with E-state index < -0.39 is 6.10 Å². The van der Waals surface area contributed by atoms with Crippen LogP contribution in [0.25, 0.3) is 0 Å². The summed E-state index contributed by atoms with van der Waals surface area (Å²) in [6, 6.07) is 23.3. The SMILES string of the molecule is Cc1ccc(CNCc2ccc(OCC(O)CN(C)Cc3ccccc3)cc2)cc1F. The maximum Gasteiger partial charge on any atom is 0.126 e. The van der Waals surface area contributed by atoms with Crippen LogP contribution in [0.1, 0.15) is 22.3 Å². The van der Waals surface area contributed by atoms with Crippen LogP contribution in [-0.2, 0) is 19.6 Å². The van der Waals surface area contributed by atoms with E-state index >= 15 is 0 Å². The van der Waals surface area contributed by atoms with Crippen molar-refractivity contribution < 1.29 is 14.2 Å². The minimum Gasteiger partial charge on any atom is -0.491 e. The molecule has 164 valence electrons. The number of aliphatic hydroxyl groups is 1. The fraction of sp³-hybridized carbons (Fsp3) is 0.308. The molecule has 31 heavy (non-hydrogen) atoms. The molecule has 0 heterocycles. The summed E-state index contributed by atoms with van der Waals surface area (Å²) in [6.07, 6.45) is -0.565. The van der Waals surface area contributed by atoms with E-state index in [0.717, 1.165) is 23.4 Å². The smallest absolute Gasteiger partial charge is 0.126 e. The summed E-state index contributed by atoms with van der Waals surface area (Å²) < 4.78 is 19.3. The lowest BCUT2D eigenvalue weighted by atomic mass is 10.1. The van der Waals surface area contributed by atoms with Crippen LogP contribution >= 0.6 is 0 Å². The first kappa shape index (κ1) is 22.9. The molecule has 3 rings (SSSR count). The predicted octanol–water partition coefficient (Wildman–Crippen LogP) is 4.30. The highest BCUT2D eigenvalue weighted by Crippen LogP contribution is 2.14. The van der Waals surface area contributed by atoms with E-state index in [0.29, 0.717) is 25.2 Å². The van der Waals surface area contributed by atoms with Gasteiger partial charge in [-0.25, -0.2) is 4.39 Å². The second kappa shape index (κ2) is 11.6. The molecule has 0 aromatic heterocycles. The minimum atomic E-state index is -0.565. The number of nitrogens with one attached hydrogen (secondary N) is 1. The monoisotopic (exact) mass is 422 g/mol. The van der Waals surface area contributed by atoms with E-state index in [4.69, 9.17) is 4.74 Å². The van der Waals surface area contributed by atoms with Crippen LogP contribution in [0.5, 0.6) is 5.75 Å². The Labute approximate surface area is 184 Å². The van der Waals surface area contributed by atoms with Gasteiger partial charge in [0.2, 0.25) is 0 Å². The summed E-state index contributed by atoms with van der Waals surface area (Å²) >= 11 is 0. The number of hydrogen-bond donors (Lipinski definition) is 2. The minimum absolute atomic E-state index is 0.172. The average Bonchev–Trinajstić information content (AvgIpc) is 2.76. The third kappa shape index (κ3) is 7.79. The molecule has 0 aliphatic rings. The van der Waals surface area contributed by atoms with E-state index in [9.17, 15) is 9.50 Å². The van der Waals surface area contributed by atoms with Crippen molar-refractivity contribution in [2.24, 2.45) is 0 Å². The molecule has 4 nitrogen and oxygen atoms in total. The van der Waals surface area contributed by atoms with Gasteiger partial charge in [-0.1, -0.05) is 54.6 Å². The van der Waals surface area contributed by atoms with Crippen molar-refractivity contribution in [3.05, 3.63) is 101 Å². The molecular formula is C26H31FN2O2. The van der Waals surface area contributed by atoms with E-state index in [2.05, 4.69) is 22.3 Å². The van der Waals surface area contributed by atoms with Gasteiger partial charge < -0.3 is 15.2 Å². The molecule has 1 unspecified atom stereocenters. The van der Waals surface area contributed by atoms with Crippen LogP contribution in [-0.4, -0.2) is 36.3 Å². The zero-order valence-electron chi connectivity index (χ0n) is 18.2. The molecule has 0 spiro atoms. The molecule has 5 heteroatoms. The van der Waals surface area contributed by atoms with Crippen molar-refractivity contribution in [2.75, 3.05) is 20.2 Å². The predicted molar refractivity (Wildman–Crippen MR) is 122 cm³/mol. The lowest BCUT2D eigenvalue weighted by Crippen LogP contribution is -2.32. The number of hydrogen-bond acceptors (Lipinski definition) is 4. The lowest BCUT2D eigenvalue weighted by molar-refractivity contribution is 0.0744. The van der Waals surface area contributed by atoms with Gasteiger partial charge in [0.1, 0.15) is 24.3 Å². The first-order chi connectivity index (χ1) is 15.0. The number of aliphatic hydroxyl groups excluding tert-OH is 1. The van der Waals surface area contributed by atoms with E-state index in [-0.39, 0.29) is 12.4 Å². The maximum atomic E-state index is 13.6. The largest absolute Gasteiger partial charge is 0.491 e. The third-order valence-corrected chi connectivity index (χ3v) is 5.08. The fourth-order valence-electron chi connectivity index (χ4n) is 3.37. The molecule has 0 aliphatic carbocycles. The highest BCUT2D eigenvalue weighted by atomic mass is 19.1. The van der Waals surface area contributed by atoms with Crippen LogP contribution in [0.3, 0.4) is 0 Å². The maximum absolute atomic E-state index is 13.6. The Hall–Kier alpha value is -2.73. The summed E-state index contributed by atoms with van der Waals surface area (Å²) in [5.74, 6) is 0.559. The Bertz CT molecular complexity index is 932. The molecule has 3 aromatic carbocycles. The molecule has 0 fully saturated rings. The van der Waals surface area contributed by atoms with E-state index in [1.807, 2.05) is 55.6 Å². The number of ether oxygens (including phenoxy) is 1. The highest BCUT2D eigenvalue weighted by Gasteiger charge is 2.10. The standard InChI is InChI=1S/C26H31FN2O2/c1-20-8-9-23(14-26(20)27)16-28-15-21-10-12-25(13-11-21)31-19-24(30)18-29(2)17-22-6-4-3-5-7-22/h3-14,24,28,30H,15-19H2,1-2H3. The van der Waals surface area contributed by atoms with Crippen LogP contribution in [0.4, 0.5) is 4.39 Å². The average molecular weight is 423 g/mol. The normalized spacial score (nSPS) is 12.2. The second-order valence-corrected chi connectivity index (χ2v) is 7.98. The van der Waals surface area contributed by atoms with Gasteiger partial charge in [-0.3, -0.25) is 4.90 Å². The van der Waals surface area contributed by atoms with Crippen molar-refractivity contribution >= 4 is 0 Å². The van der Waals surface area contributed by atoms with Crippen LogP contribution in [0.2, 0.25) is 0 Å². The van der Waals surface area contributed by atoms with Crippen molar-refractivity contribution in [3.8, 4) is 5.75 Å². The quantitative estimate of drug-likeness (QED) is 0.484. The van der Waals surface area contributed by atoms with E-state index in [1.54, 1.807) is 19.1 Å². The van der Waals surface area contributed by atoms with E-state index in [1.165, 1.54) is 5.56 Å². The van der Waals surface area contributed by atoms with Gasteiger partial charge >= 0.3 is 0 Å². The molecule has 2 N–H and O–H groups in total.